The quantitative estimate of drug-likeness (QED) is 0.788. The number of rotatable bonds is 5. The zero-order valence-electron chi connectivity index (χ0n) is 14.1. The second kappa shape index (κ2) is 8.41. The third-order valence-corrected chi connectivity index (χ3v) is 4.14. The van der Waals surface area contributed by atoms with Gasteiger partial charge in [0.05, 0.1) is 16.6 Å². The zero-order valence-corrected chi connectivity index (χ0v) is 14.9. The first-order chi connectivity index (χ1) is 11.1. The standard InChI is InChI=1S/C16H23N5O2.ClH/c1-11-10-13(14-12(2)20-23-16(14)19-11)15(22)18-4-3-7-21-8-5-17-6-9-21;/h10,17H,3-9H2,1-2H3,(H,18,22);1H. The molecule has 2 aromatic rings. The number of amides is 1. The third-order valence-electron chi connectivity index (χ3n) is 4.14. The number of aromatic nitrogens is 2. The van der Waals surface area contributed by atoms with Gasteiger partial charge in [-0.2, -0.15) is 0 Å². The molecule has 2 aromatic heterocycles. The summed E-state index contributed by atoms with van der Waals surface area (Å²) in [6, 6.07) is 1.79. The third kappa shape index (κ3) is 4.23. The molecule has 1 amide bonds. The molecular weight excluding hydrogens is 330 g/mol. The van der Waals surface area contributed by atoms with E-state index in [9.17, 15) is 4.79 Å². The number of hydrogen-bond donors (Lipinski definition) is 2. The van der Waals surface area contributed by atoms with E-state index in [0.717, 1.165) is 44.8 Å². The summed E-state index contributed by atoms with van der Waals surface area (Å²) >= 11 is 0. The van der Waals surface area contributed by atoms with Gasteiger partial charge in [0, 0.05) is 38.4 Å². The lowest BCUT2D eigenvalue weighted by Crippen LogP contribution is -2.44. The van der Waals surface area contributed by atoms with Crippen molar-refractivity contribution in [3.63, 3.8) is 0 Å². The Balaban J connectivity index is 0.00000208. The maximum absolute atomic E-state index is 12.5. The highest BCUT2D eigenvalue weighted by molar-refractivity contribution is 6.06. The molecule has 0 saturated carbocycles. The van der Waals surface area contributed by atoms with Crippen molar-refractivity contribution in [3.8, 4) is 0 Å². The van der Waals surface area contributed by atoms with Gasteiger partial charge in [-0.15, -0.1) is 12.4 Å². The van der Waals surface area contributed by atoms with Crippen LogP contribution in [-0.2, 0) is 0 Å². The topological polar surface area (TPSA) is 83.3 Å². The van der Waals surface area contributed by atoms with Crippen molar-refractivity contribution < 1.29 is 9.32 Å². The van der Waals surface area contributed by atoms with Gasteiger partial charge in [-0.1, -0.05) is 5.16 Å². The number of halogens is 1. The van der Waals surface area contributed by atoms with Crippen molar-refractivity contribution in [1.82, 2.24) is 25.7 Å². The van der Waals surface area contributed by atoms with Crippen LogP contribution >= 0.6 is 12.4 Å². The number of piperazine rings is 1. The predicted molar refractivity (Wildman–Crippen MR) is 94.8 cm³/mol. The molecule has 0 unspecified atom stereocenters. The van der Waals surface area contributed by atoms with Crippen LogP contribution < -0.4 is 10.6 Å². The molecule has 0 aromatic carbocycles. The van der Waals surface area contributed by atoms with Crippen LogP contribution in [0.2, 0.25) is 0 Å². The lowest BCUT2D eigenvalue weighted by atomic mass is 10.1. The van der Waals surface area contributed by atoms with Crippen LogP contribution in [0.1, 0.15) is 28.2 Å². The van der Waals surface area contributed by atoms with Gasteiger partial charge < -0.3 is 20.1 Å². The average molecular weight is 354 g/mol. The molecule has 1 aliphatic heterocycles. The van der Waals surface area contributed by atoms with E-state index in [4.69, 9.17) is 4.52 Å². The molecule has 0 radical (unpaired) electrons. The number of nitrogens with zero attached hydrogens (tertiary/aromatic N) is 3. The zero-order chi connectivity index (χ0) is 16.2. The maximum Gasteiger partial charge on any atom is 0.258 e. The molecule has 7 nitrogen and oxygen atoms in total. The Bertz CT molecular complexity index is 697. The summed E-state index contributed by atoms with van der Waals surface area (Å²) in [5, 5.41) is 10.9. The molecule has 0 spiro atoms. The molecule has 1 aliphatic rings. The Morgan fingerprint density at radius 1 is 1.38 bits per heavy atom. The van der Waals surface area contributed by atoms with Gasteiger partial charge in [0.1, 0.15) is 0 Å². The van der Waals surface area contributed by atoms with E-state index in [0.29, 0.717) is 28.9 Å². The molecular formula is C16H24ClN5O2. The van der Waals surface area contributed by atoms with Crippen molar-refractivity contribution in [1.29, 1.82) is 0 Å². The number of hydrogen-bond acceptors (Lipinski definition) is 6. The van der Waals surface area contributed by atoms with Gasteiger partial charge in [-0.25, -0.2) is 4.98 Å². The smallest absolute Gasteiger partial charge is 0.258 e. The molecule has 0 atom stereocenters. The molecule has 2 N–H and O–H groups in total. The molecule has 3 rings (SSSR count). The molecule has 1 saturated heterocycles. The van der Waals surface area contributed by atoms with Crippen LogP contribution in [0, 0.1) is 13.8 Å². The van der Waals surface area contributed by atoms with Crippen LogP contribution in [0.3, 0.4) is 0 Å². The van der Waals surface area contributed by atoms with E-state index < -0.39 is 0 Å². The van der Waals surface area contributed by atoms with E-state index in [2.05, 4.69) is 25.7 Å². The number of pyridine rings is 1. The minimum Gasteiger partial charge on any atom is -0.352 e. The number of carbonyl (C=O) groups is 1. The summed E-state index contributed by atoms with van der Waals surface area (Å²) in [6.45, 7) is 9.61. The second-order valence-corrected chi connectivity index (χ2v) is 5.96. The Morgan fingerprint density at radius 3 is 2.88 bits per heavy atom. The fourth-order valence-corrected chi connectivity index (χ4v) is 2.93. The van der Waals surface area contributed by atoms with Crippen molar-refractivity contribution in [2.24, 2.45) is 0 Å². The average Bonchev–Trinajstić information content (AvgIpc) is 2.92. The summed E-state index contributed by atoms with van der Waals surface area (Å²) in [5.74, 6) is -0.0906. The summed E-state index contributed by atoms with van der Waals surface area (Å²) < 4.78 is 5.17. The molecule has 0 aliphatic carbocycles. The van der Waals surface area contributed by atoms with E-state index >= 15 is 0 Å². The number of aryl methyl sites for hydroxylation is 2. The van der Waals surface area contributed by atoms with Gasteiger partial charge >= 0.3 is 0 Å². The second-order valence-electron chi connectivity index (χ2n) is 5.96. The minimum atomic E-state index is -0.0906. The molecule has 0 bridgehead atoms. The van der Waals surface area contributed by atoms with Gasteiger partial charge in [-0.05, 0) is 32.9 Å². The van der Waals surface area contributed by atoms with Crippen LogP contribution in [-0.4, -0.2) is 60.2 Å². The van der Waals surface area contributed by atoms with Gasteiger partial charge in [0.15, 0.2) is 0 Å². The Morgan fingerprint density at radius 2 is 2.12 bits per heavy atom. The largest absolute Gasteiger partial charge is 0.352 e. The monoisotopic (exact) mass is 353 g/mol. The molecule has 8 heteroatoms. The summed E-state index contributed by atoms with van der Waals surface area (Å²) in [6.07, 6.45) is 0.946. The molecule has 24 heavy (non-hydrogen) atoms. The van der Waals surface area contributed by atoms with Crippen molar-refractivity contribution in [3.05, 3.63) is 23.0 Å². The SMILES string of the molecule is Cc1cc(C(=O)NCCCN2CCNCC2)c2c(C)noc2n1.Cl. The summed E-state index contributed by atoms with van der Waals surface area (Å²) in [5.41, 5.74) is 2.46. The molecule has 132 valence electrons. The number of nitrogens with one attached hydrogen (secondary N) is 2. The Labute approximate surface area is 147 Å². The first-order valence-corrected chi connectivity index (χ1v) is 8.10. The van der Waals surface area contributed by atoms with Crippen molar-refractivity contribution >= 4 is 29.4 Å². The van der Waals surface area contributed by atoms with Crippen LogP contribution in [0.4, 0.5) is 0 Å². The first kappa shape index (κ1) is 18.6. The Kier molecular flexibility index (Phi) is 6.53. The minimum absolute atomic E-state index is 0. The lowest BCUT2D eigenvalue weighted by molar-refractivity contribution is 0.0952. The fraction of sp³-hybridized carbons (Fsp3) is 0.562. The van der Waals surface area contributed by atoms with Gasteiger partial charge in [-0.3, -0.25) is 4.79 Å². The van der Waals surface area contributed by atoms with Crippen LogP contribution in [0.25, 0.3) is 11.1 Å². The predicted octanol–water partition coefficient (Wildman–Crippen LogP) is 1.29. The number of fused-ring (bicyclic) bond motifs is 1. The summed E-state index contributed by atoms with van der Waals surface area (Å²) in [4.78, 5) is 19.2. The van der Waals surface area contributed by atoms with Crippen LogP contribution in [0.5, 0.6) is 0 Å². The number of carbonyl (C=O) groups excluding carboxylic acids is 1. The fourth-order valence-electron chi connectivity index (χ4n) is 2.93. The van der Waals surface area contributed by atoms with Gasteiger partial charge in [0.2, 0.25) is 0 Å². The van der Waals surface area contributed by atoms with E-state index in [1.807, 2.05) is 13.8 Å². The van der Waals surface area contributed by atoms with E-state index in [1.54, 1.807) is 6.07 Å². The van der Waals surface area contributed by atoms with E-state index in [-0.39, 0.29) is 18.3 Å². The first-order valence-electron chi connectivity index (χ1n) is 8.10. The summed E-state index contributed by atoms with van der Waals surface area (Å²) in [7, 11) is 0. The highest BCUT2D eigenvalue weighted by Crippen LogP contribution is 2.21. The molecule has 3 heterocycles. The lowest BCUT2D eigenvalue weighted by Gasteiger charge is -2.27. The Hall–Kier alpha value is -1.70. The van der Waals surface area contributed by atoms with Crippen molar-refractivity contribution in [2.75, 3.05) is 39.3 Å². The van der Waals surface area contributed by atoms with Crippen LogP contribution in [0.15, 0.2) is 10.6 Å². The highest BCUT2D eigenvalue weighted by Gasteiger charge is 2.17. The maximum atomic E-state index is 12.5. The van der Waals surface area contributed by atoms with Gasteiger partial charge in [0.25, 0.3) is 11.6 Å². The normalized spacial score (nSPS) is 15.2. The molecule has 1 fully saturated rings. The van der Waals surface area contributed by atoms with Crippen molar-refractivity contribution in [2.45, 2.75) is 20.3 Å². The highest BCUT2D eigenvalue weighted by atomic mass is 35.5. The van der Waals surface area contributed by atoms with E-state index in [1.165, 1.54) is 0 Å².